The fraction of sp³-hybridized carbons (Fsp3) is 0.250. The van der Waals surface area contributed by atoms with Crippen LogP contribution in [0, 0.1) is 0 Å². The first-order valence-electron chi connectivity index (χ1n) is 5.40. The molecule has 0 saturated carbocycles. The van der Waals surface area contributed by atoms with Crippen molar-refractivity contribution in [2.45, 2.75) is 19.3 Å². The number of hydrogen-bond donors (Lipinski definition) is 2. The molecule has 2 aromatic rings. The first-order chi connectivity index (χ1) is 8.55. The second-order valence-electron chi connectivity index (χ2n) is 3.88. The summed E-state index contributed by atoms with van der Waals surface area (Å²) in [5, 5.41) is 3.11. The van der Waals surface area contributed by atoms with E-state index in [0.717, 1.165) is 23.4 Å². The molecule has 0 radical (unpaired) electrons. The Morgan fingerprint density at radius 2 is 1.83 bits per heavy atom. The molecule has 2 rings (SSSR count). The third-order valence-electron chi connectivity index (χ3n) is 2.48. The molecule has 96 valence electrons. The summed E-state index contributed by atoms with van der Waals surface area (Å²) in [7, 11) is 0. The first kappa shape index (κ1) is 12.6. The number of alkyl halides is 3. The zero-order valence-electron chi connectivity index (χ0n) is 9.46. The van der Waals surface area contributed by atoms with Crippen LogP contribution in [0.2, 0.25) is 0 Å². The molecule has 0 aliphatic carbocycles. The molecule has 0 spiro atoms. The molecule has 0 saturated heterocycles. The van der Waals surface area contributed by atoms with E-state index in [1.165, 1.54) is 12.1 Å². The molecule has 2 N–H and O–H groups in total. The Morgan fingerprint density at radius 3 is 2.39 bits per heavy atom. The molecule has 0 unspecified atom stereocenters. The molecule has 6 heteroatoms. The Labute approximate surface area is 102 Å². The van der Waals surface area contributed by atoms with Crippen LogP contribution in [0.25, 0.3) is 0 Å². The molecule has 1 heterocycles. The zero-order valence-corrected chi connectivity index (χ0v) is 9.46. The summed E-state index contributed by atoms with van der Waals surface area (Å²) in [5.74, 6) is 0. The maximum atomic E-state index is 12.3. The van der Waals surface area contributed by atoms with E-state index >= 15 is 0 Å². The van der Waals surface area contributed by atoms with Gasteiger partial charge in [0.1, 0.15) is 0 Å². The van der Waals surface area contributed by atoms with E-state index in [1.54, 1.807) is 12.5 Å². The number of halogens is 3. The highest BCUT2D eigenvalue weighted by Crippen LogP contribution is 2.28. The van der Waals surface area contributed by atoms with E-state index in [4.69, 9.17) is 0 Å². The fourth-order valence-corrected chi connectivity index (χ4v) is 1.53. The number of nitrogens with one attached hydrogen (secondary N) is 2. The third kappa shape index (κ3) is 3.33. The Hall–Kier alpha value is -1.82. The van der Waals surface area contributed by atoms with Crippen LogP contribution in [0.15, 0.2) is 36.8 Å². The van der Waals surface area contributed by atoms with Crippen LogP contribution in [-0.2, 0) is 19.3 Å². The average Bonchev–Trinajstić information content (AvgIpc) is 2.82. The molecule has 1 aromatic heterocycles. The molecule has 0 amide bonds. The Kier molecular flexibility index (Phi) is 3.66. The number of rotatable bonds is 4. The number of benzene rings is 1. The second kappa shape index (κ2) is 5.22. The van der Waals surface area contributed by atoms with Gasteiger partial charge in [-0.2, -0.15) is 13.2 Å². The third-order valence-corrected chi connectivity index (χ3v) is 2.48. The average molecular weight is 255 g/mol. The molecule has 0 aliphatic heterocycles. The Morgan fingerprint density at radius 1 is 1.11 bits per heavy atom. The second-order valence-corrected chi connectivity index (χ2v) is 3.88. The SMILES string of the molecule is FC(F)(F)c1ccc(CNCc2cnc[nH]2)cc1. The summed E-state index contributed by atoms with van der Waals surface area (Å²) in [6.45, 7) is 1.11. The summed E-state index contributed by atoms with van der Waals surface area (Å²) < 4.78 is 37.0. The van der Waals surface area contributed by atoms with Gasteiger partial charge in [0, 0.05) is 25.0 Å². The first-order valence-corrected chi connectivity index (χ1v) is 5.40. The minimum Gasteiger partial charge on any atom is -0.347 e. The lowest BCUT2D eigenvalue weighted by atomic mass is 10.1. The van der Waals surface area contributed by atoms with E-state index in [-0.39, 0.29) is 0 Å². The number of imidazole rings is 1. The highest BCUT2D eigenvalue weighted by molar-refractivity contribution is 5.24. The van der Waals surface area contributed by atoms with Gasteiger partial charge in [-0.05, 0) is 17.7 Å². The van der Waals surface area contributed by atoms with E-state index < -0.39 is 11.7 Å². The van der Waals surface area contributed by atoms with Crippen molar-refractivity contribution in [3.8, 4) is 0 Å². The lowest BCUT2D eigenvalue weighted by Gasteiger charge is -2.08. The minimum atomic E-state index is -4.28. The number of hydrogen-bond acceptors (Lipinski definition) is 2. The van der Waals surface area contributed by atoms with Crippen molar-refractivity contribution in [2.75, 3.05) is 0 Å². The van der Waals surface area contributed by atoms with Gasteiger partial charge in [0.05, 0.1) is 11.9 Å². The van der Waals surface area contributed by atoms with E-state index in [9.17, 15) is 13.2 Å². The van der Waals surface area contributed by atoms with Gasteiger partial charge in [-0.25, -0.2) is 4.98 Å². The summed E-state index contributed by atoms with van der Waals surface area (Å²) >= 11 is 0. The normalized spacial score (nSPS) is 11.7. The number of aromatic amines is 1. The molecule has 1 aromatic carbocycles. The van der Waals surface area contributed by atoms with Gasteiger partial charge in [-0.1, -0.05) is 12.1 Å². The van der Waals surface area contributed by atoms with Crippen molar-refractivity contribution in [1.82, 2.24) is 15.3 Å². The molecule has 3 nitrogen and oxygen atoms in total. The van der Waals surface area contributed by atoms with Gasteiger partial charge in [0.2, 0.25) is 0 Å². The van der Waals surface area contributed by atoms with E-state index in [1.807, 2.05) is 0 Å². The monoisotopic (exact) mass is 255 g/mol. The van der Waals surface area contributed by atoms with Crippen LogP contribution in [0.3, 0.4) is 0 Å². The van der Waals surface area contributed by atoms with Crippen molar-refractivity contribution in [3.63, 3.8) is 0 Å². The van der Waals surface area contributed by atoms with Crippen LogP contribution in [0.5, 0.6) is 0 Å². The van der Waals surface area contributed by atoms with Crippen molar-refractivity contribution in [2.24, 2.45) is 0 Å². The van der Waals surface area contributed by atoms with Crippen LogP contribution in [0.1, 0.15) is 16.8 Å². The number of H-pyrrole nitrogens is 1. The predicted molar refractivity (Wildman–Crippen MR) is 60.6 cm³/mol. The van der Waals surface area contributed by atoms with Crippen LogP contribution in [-0.4, -0.2) is 9.97 Å². The smallest absolute Gasteiger partial charge is 0.347 e. The highest BCUT2D eigenvalue weighted by Gasteiger charge is 2.29. The molecule has 0 fully saturated rings. The number of nitrogens with zero attached hydrogens (tertiary/aromatic N) is 1. The Balaban J connectivity index is 1.87. The quantitative estimate of drug-likeness (QED) is 0.881. The number of aromatic nitrogens is 2. The van der Waals surface area contributed by atoms with Crippen LogP contribution < -0.4 is 5.32 Å². The van der Waals surface area contributed by atoms with E-state index in [2.05, 4.69) is 15.3 Å². The summed E-state index contributed by atoms with van der Waals surface area (Å²) in [6.07, 6.45) is -1.00. The summed E-state index contributed by atoms with van der Waals surface area (Å²) in [6, 6.07) is 5.13. The summed E-state index contributed by atoms with van der Waals surface area (Å²) in [5.41, 5.74) is 1.12. The minimum absolute atomic E-state index is 0.511. The largest absolute Gasteiger partial charge is 0.416 e. The van der Waals surface area contributed by atoms with Gasteiger partial charge in [0.15, 0.2) is 0 Å². The topological polar surface area (TPSA) is 40.7 Å². The van der Waals surface area contributed by atoms with Crippen molar-refractivity contribution < 1.29 is 13.2 Å². The van der Waals surface area contributed by atoms with Crippen LogP contribution >= 0.6 is 0 Å². The van der Waals surface area contributed by atoms with Gasteiger partial charge in [-0.15, -0.1) is 0 Å². The van der Waals surface area contributed by atoms with Crippen molar-refractivity contribution in [3.05, 3.63) is 53.6 Å². The van der Waals surface area contributed by atoms with Crippen molar-refractivity contribution in [1.29, 1.82) is 0 Å². The zero-order chi connectivity index (χ0) is 13.0. The summed E-state index contributed by atoms with van der Waals surface area (Å²) in [4.78, 5) is 6.80. The molecular weight excluding hydrogens is 243 g/mol. The maximum Gasteiger partial charge on any atom is 0.416 e. The standard InChI is InChI=1S/C12H12F3N3/c13-12(14,15)10-3-1-9(2-4-10)5-16-6-11-7-17-8-18-11/h1-4,7-8,16H,5-6H2,(H,17,18). The van der Waals surface area contributed by atoms with Gasteiger partial charge in [-0.3, -0.25) is 0 Å². The molecule has 0 bridgehead atoms. The highest BCUT2D eigenvalue weighted by atomic mass is 19.4. The maximum absolute atomic E-state index is 12.3. The fourth-order valence-electron chi connectivity index (χ4n) is 1.53. The van der Waals surface area contributed by atoms with Crippen molar-refractivity contribution >= 4 is 0 Å². The molecule has 0 aliphatic rings. The lowest BCUT2D eigenvalue weighted by molar-refractivity contribution is -0.137. The predicted octanol–water partition coefficient (Wildman–Crippen LogP) is 2.72. The molecular formula is C12H12F3N3. The molecule has 0 atom stereocenters. The Bertz CT molecular complexity index is 474. The van der Waals surface area contributed by atoms with Gasteiger partial charge in [0.25, 0.3) is 0 Å². The molecule has 18 heavy (non-hydrogen) atoms. The van der Waals surface area contributed by atoms with Gasteiger partial charge < -0.3 is 10.3 Å². The van der Waals surface area contributed by atoms with E-state index in [0.29, 0.717) is 13.1 Å². The van der Waals surface area contributed by atoms with Gasteiger partial charge >= 0.3 is 6.18 Å². The lowest BCUT2D eigenvalue weighted by Crippen LogP contribution is -2.13. The van der Waals surface area contributed by atoms with Crippen LogP contribution in [0.4, 0.5) is 13.2 Å².